The van der Waals surface area contributed by atoms with Crippen molar-refractivity contribution in [3.63, 3.8) is 0 Å². The van der Waals surface area contributed by atoms with E-state index in [1.54, 1.807) is 30.3 Å². The third-order valence-electron chi connectivity index (χ3n) is 3.08. The Labute approximate surface area is 144 Å². The second-order valence-corrected chi connectivity index (χ2v) is 4.92. The maximum Gasteiger partial charge on any atom is 0.273 e. The van der Waals surface area contributed by atoms with Crippen molar-refractivity contribution in [2.75, 3.05) is 6.61 Å². The second-order valence-electron chi connectivity index (χ2n) is 4.92. The van der Waals surface area contributed by atoms with Gasteiger partial charge in [-0.25, -0.2) is 4.39 Å². The Bertz CT molecular complexity index is 786. The van der Waals surface area contributed by atoms with Crippen molar-refractivity contribution < 1.29 is 18.7 Å². The summed E-state index contributed by atoms with van der Waals surface area (Å²) in [6.45, 7) is 3.81. The number of para-hydroxylation sites is 1. The van der Waals surface area contributed by atoms with Gasteiger partial charge in [-0.3, -0.25) is 20.4 Å². The molecule has 0 heterocycles. The third kappa shape index (κ3) is 5.62. The highest BCUT2D eigenvalue weighted by Crippen LogP contribution is 2.17. The Morgan fingerprint density at radius 2 is 1.80 bits per heavy atom. The van der Waals surface area contributed by atoms with E-state index in [2.05, 4.69) is 17.4 Å². The minimum atomic E-state index is -0.526. The van der Waals surface area contributed by atoms with E-state index in [1.807, 2.05) is 0 Å². The van der Waals surface area contributed by atoms with Crippen molar-refractivity contribution in [1.82, 2.24) is 10.9 Å². The van der Waals surface area contributed by atoms with Crippen molar-refractivity contribution in [2.45, 2.75) is 0 Å². The quantitative estimate of drug-likeness (QED) is 0.483. The molecule has 2 rings (SSSR count). The fourth-order valence-electron chi connectivity index (χ4n) is 1.90. The zero-order chi connectivity index (χ0) is 18.1. The van der Waals surface area contributed by atoms with Crippen LogP contribution in [0.3, 0.4) is 0 Å². The van der Waals surface area contributed by atoms with E-state index >= 15 is 0 Å². The van der Waals surface area contributed by atoms with E-state index < -0.39 is 11.8 Å². The summed E-state index contributed by atoms with van der Waals surface area (Å²) in [6, 6.07) is 12.3. The molecule has 0 aliphatic carbocycles. The monoisotopic (exact) mass is 340 g/mol. The Balaban J connectivity index is 1.92. The molecule has 0 saturated carbocycles. The zero-order valence-electron chi connectivity index (χ0n) is 13.4. The van der Waals surface area contributed by atoms with Crippen molar-refractivity contribution in [3.8, 4) is 5.75 Å². The Morgan fingerprint density at radius 1 is 1.08 bits per heavy atom. The minimum Gasteiger partial charge on any atom is -0.489 e. The van der Waals surface area contributed by atoms with Gasteiger partial charge in [0, 0.05) is 6.08 Å². The number of nitrogens with one attached hydrogen (secondary N) is 2. The molecule has 25 heavy (non-hydrogen) atoms. The lowest BCUT2D eigenvalue weighted by molar-refractivity contribution is -0.117. The number of carbonyl (C=O) groups excluding carboxylic acids is 2. The molecule has 2 N–H and O–H groups in total. The largest absolute Gasteiger partial charge is 0.489 e. The lowest BCUT2D eigenvalue weighted by Crippen LogP contribution is -2.40. The van der Waals surface area contributed by atoms with E-state index in [0.29, 0.717) is 11.3 Å². The smallest absolute Gasteiger partial charge is 0.273 e. The molecule has 6 heteroatoms. The number of rotatable bonds is 6. The standard InChI is InChI=1S/C19H17FN2O3/c1-2-13-25-17-6-4-3-5-16(17)19(24)22-21-18(23)12-9-14-7-10-15(20)11-8-14/h2-12H,1,13H2,(H,21,23)(H,22,24)/b12-9+. The van der Waals surface area contributed by atoms with Crippen LogP contribution in [0.1, 0.15) is 15.9 Å². The van der Waals surface area contributed by atoms with Crippen LogP contribution >= 0.6 is 0 Å². The highest BCUT2D eigenvalue weighted by molar-refractivity contribution is 5.99. The molecule has 0 unspecified atom stereocenters. The Hall–Kier alpha value is -3.41. The number of benzene rings is 2. The van der Waals surface area contributed by atoms with Crippen molar-refractivity contribution in [1.29, 1.82) is 0 Å². The number of hydrogen-bond donors (Lipinski definition) is 2. The van der Waals surface area contributed by atoms with Gasteiger partial charge < -0.3 is 4.74 Å². The van der Waals surface area contributed by atoms with E-state index in [4.69, 9.17) is 4.74 Å². The van der Waals surface area contributed by atoms with Crippen molar-refractivity contribution in [3.05, 3.63) is 84.2 Å². The Morgan fingerprint density at radius 3 is 2.52 bits per heavy atom. The molecule has 2 aromatic carbocycles. The molecule has 0 aromatic heterocycles. The summed E-state index contributed by atoms with van der Waals surface area (Å²) in [7, 11) is 0. The molecule has 0 radical (unpaired) electrons. The summed E-state index contributed by atoms with van der Waals surface area (Å²) in [5.74, 6) is -1.01. The van der Waals surface area contributed by atoms with Gasteiger partial charge in [0.15, 0.2) is 0 Å². The lowest BCUT2D eigenvalue weighted by Gasteiger charge is -2.10. The van der Waals surface area contributed by atoms with Gasteiger partial charge in [-0.05, 0) is 35.9 Å². The molecule has 2 aromatic rings. The van der Waals surface area contributed by atoms with Crippen LogP contribution in [0.2, 0.25) is 0 Å². The van der Waals surface area contributed by atoms with Crippen LogP contribution < -0.4 is 15.6 Å². The maximum absolute atomic E-state index is 12.8. The number of amides is 2. The van der Waals surface area contributed by atoms with E-state index in [0.717, 1.165) is 0 Å². The van der Waals surface area contributed by atoms with Crippen molar-refractivity contribution >= 4 is 17.9 Å². The van der Waals surface area contributed by atoms with Crippen LogP contribution in [0.5, 0.6) is 5.75 Å². The summed E-state index contributed by atoms with van der Waals surface area (Å²) in [5, 5.41) is 0. The molecule has 0 aliphatic rings. The van der Waals surface area contributed by atoms with Crippen LogP contribution in [0, 0.1) is 5.82 Å². The number of hydrogen-bond acceptors (Lipinski definition) is 3. The van der Waals surface area contributed by atoms with E-state index in [1.165, 1.54) is 36.4 Å². The molecule has 0 fully saturated rings. The summed E-state index contributed by atoms with van der Waals surface area (Å²) >= 11 is 0. The average Bonchev–Trinajstić information content (AvgIpc) is 2.64. The molecule has 5 nitrogen and oxygen atoms in total. The first kappa shape index (κ1) is 17.9. The van der Waals surface area contributed by atoms with Gasteiger partial charge in [0.1, 0.15) is 18.2 Å². The van der Waals surface area contributed by atoms with Crippen LogP contribution in [-0.2, 0) is 4.79 Å². The van der Waals surface area contributed by atoms with Crippen LogP contribution in [0.15, 0.2) is 67.3 Å². The van der Waals surface area contributed by atoms with Gasteiger partial charge >= 0.3 is 0 Å². The fourth-order valence-corrected chi connectivity index (χ4v) is 1.90. The molecule has 0 bridgehead atoms. The highest BCUT2D eigenvalue weighted by atomic mass is 19.1. The average molecular weight is 340 g/mol. The summed E-state index contributed by atoms with van der Waals surface area (Å²) in [6.07, 6.45) is 4.30. The fraction of sp³-hybridized carbons (Fsp3) is 0.0526. The summed E-state index contributed by atoms with van der Waals surface area (Å²) in [5.41, 5.74) is 5.52. The molecule has 0 aliphatic heterocycles. The summed E-state index contributed by atoms with van der Waals surface area (Å²) in [4.78, 5) is 23.9. The predicted molar refractivity (Wildman–Crippen MR) is 93.2 cm³/mol. The van der Waals surface area contributed by atoms with Crippen LogP contribution in [-0.4, -0.2) is 18.4 Å². The number of ether oxygens (including phenoxy) is 1. The molecule has 0 saturated heterocycles. The van der Waals surface area contributed by atoms with Gasteiger partial charge in [-0.15, -0.1) is 0 Å². The first-order valence-corrected chi connectivity index (χ1v) is 7.47. The van der Waals surface area contributed by atoms with Gasteiger partial charge in [0.25, 0.3) is 11.8 Å². The third-order valence-corrected chi connectivity index (χ3v) is 3.08. The normalized spacial score (nSPS) is 10.3. The molecule has 0 atom stereocenters. The molecular formula is C19H17FN2O3. The molecular weight excluding hydrogens is 323 g/mol. The maximum atomic E-state index is 12.8. The Kier molecular flexibility index (Phi) is 6.47. The molecule has 2 amide bonds. The van der Waals surface area contributed by atoms with E-state index in [-0.39, 0.29) is 18.0 Å². The number of carbonyl (C=O) groups is 2. The van der Waals surface area contributed by atoms with Gasteiger partial charge in [-0.1, -0.05) is 36.9 Å². The topological polar surface area (TPSA) is 67.4 Å². The van der Waals surface area contributed by atoms with Gasteiger partial charge in [0.2, 0.25) is 0 Å². The molecule has 0 spiro atoms. The zero-order valence-corrected chi connectivity index (χ0v) is 13.4. The van der Waals surface area contributed by atoms with Crippen LogP contribution in [0.25, 0.3) is 6.08 Å². The number of halogens is 1. The lowest BCUT2D eigenvalue weighted by atomic mass is 10.2. The minimum absolute atomic E-state index is 0.261. The van der Waals surface area contributed by atoms with Crippen molar-refractivity contribution in [2.24, 2.45) is 0 Å². The number of hydrazine groups is 1. The second kappa shape index (κ2) is 9.02. The first-order chi connectivity index (χ1) is 12.1. The van der Waals surface area contributed by atoms with Gasteiger partial charge in [-0.2, -0.15) is 0 Å². The molecule has 128 valence electrons. The van der Waals surface area contributed by atoms with Gasteiger partial charge in [0.05, 0.1) is 5.56 Å². The SMILES string of the molecule is C=CCOc1ccccc1C(=O)NNC(=O)/C=C/c1ccc(F)cc1. The van der Waals surface area contributed by atoms with E-state index in [9.17, 15) is 14.0 Å². The summed E-state index contributed by atoms with van der Waals surface area (Å²) < 4.78 is 18.2. The first-order valence-electron chi connectivity index (χ1n) is 7.47. The highest BCUT2D eigenvalue weighted by Gasteiger charge is 2.12. The predicted octanol–water partition coefficient (Wildman–Crippen LogP) is 2.86. The van der Waals surface area contributed by atoms with Crippen LogP contribution in [0.4, 0.5) is 4.39 Å².